The molecule has 5 nitrogen and oxygen atoms in total. The molecule has 0 saturated heterocycles. The minimum absolute atomic E-state index is 0.0996. The lowest BCUT2D eigenvalue weighted by molar-refractivity contribution is 0.101. The molecule has 0 fully saturated rings. The van der Waals surface area contributed by atoms with E-state index in [2.05, 4.69) is 4.72 Å². The van der Waals surface area contributed by atoms with Crippen molar-refractivity contribution in [2.45, 2.75) is 38.2 Å². The number of nitrogens with one attached hydrogen (secondary N) is 1. The molecule has 0 aliphatic heterocycles. The average molecular weight is 347 g/mol. The van der Waals surface area contributed by atoms with Gasteiger partial charge >= 0.3 is 0 Å². The van der Waals surface area contributed by atoms with Crippen LogP contribution >= 0.6 is 0 Å². The van der Waals surface area contributed by atoms with Crippen LogP contribution in [0.4, 0.5) is 5.69 Å². The number of anilines is 1. The number of carbonyl (C=O) groups excluding carboxylic acids is 1. The molecule has 0 unspecified atom stereocenters. The average Bonchev–Trinajstić information content (AvgIpc) is 2.47. The van der Waals surface area contributed by atoms with E-state index < -0.39 is 10.0 Å². The molecule has 2 aromatic rings. The largest absolute Gasteiger partial charge is 0.488 e. The molecule has 6 heteroatoms. The van der Waals surface area contributed by atoms with E-state index in [4.69, 9.17) is 4.74 Å². The number of ketones is 1. The van der Waals surface area contributed by atoms with Crippen molar-refractivity contribution in [3.63, 3.8) is 0 Å². The third kappa shape index (κ3) is 4.83. The van der Waals surface area contributed by atoms with Gasteiger partial charge in [0, 0.05) is 11.3 Å². The highest BCUT2D eigenvalue weighted by Gasteiger charge is 2.15. The molecule has 24 heavy (non-hydrogen) atoms. The van der Waals surface area contributed by atoms with Gasteiger partial charge in [-0.25, -0.2) is 8.42 Å². The minimum Gasteiger partial charge on any atom is -0.488 e. The Bertz CT molecular complexity index is 817. The number of rotatable bonds is 5. The quantitative estimate of drug-likeness (QED) is 0.834. The zero-order chi connectivity index (χ0) is 18.0. The molecule has 0 atom stereocenters. The molecule has 0 heterocycles. The van der Waals surface area contributed by atoms with Crippen molar-refractivity contribution in [3.05, 3.63) is 54.1 Å². The Labute approximate surface area is 142 Å². The molecule has 0 radical (unpaired) electrons. The fourth-order valence-corrected chi connectivity index (χ4v) is 3.09. The van der Waals surface area contributed by atoms with Crippen LogP contribution in [0.3, 0.4) is 0 Å². The van der Waals surface area contributed by atoms with Crippen LogP contribution in [0.25, 0.3) is 0 Å². The first-order valence-corrected chi connectivity index (χ1v) is 8.98. The Balaban J connectivity index is 2.15. The van der Waals surface area contributed by atoms with Crippen LogP contribution in [0.2, 0.25) is 0 Å². The third-order valence-corrected chi connectivity index (χ3v) is 4.50. The Morgan fingerprint density at radius 2 is 1.50 bits per heavy atom. The van der Waals surface area contributed by atoms with Gasteiger partial charge < -0.3 is 4.74 Å². The maximum atomic E-state index is 12.4. The number of hydrogen-bond donors (Lipinski definition) is 1. The predicted octanol–water partition coefficient (Wildman–Crippen LogP) is 3.87. The molecule has 0 spiro atoms. The number of Topliss-reactive ketones (excluding diaryl/α,β-unsaturated/α-hetero) is 1. The molecular weight excluding hydrogens is 326 g/mol. The van der Waals surface area contributed by atoms with Gasteiger partial charge in [0.15, 0.2) is 5.78 Å². The molecule has 0 aliphatic rings. The van der Waals surface area contributed by atoms with Crippen LogP contribution in [0.15, 0.2) is 53.4 Å². The summed E-state index contributed by atoms with van der Waals surface area (Å²) in [6, 6.07) is 12.5. The summed E-state index contributed by atoms with van der Waals surface area (Å²) in [5, 5.41) is 0. The van der Waals surface area contributed by atoms with Crippen LogP contribution in [0.1, 0.15) is 38.1 Å². The first-order valence-electron chi connectivity index (χ1n) is 7.50. The first kappa shape index (κ1) is 18.0. The van der Waals surface area contributed by atoms with E-state index in [9.17, 15) is 13.2 Å². The van der Waals surface area contributed by atoms with Gasteiger partial charge in [-0.1, -0.05) is 12.1 Å². The first-order chi connectivity index (χ1) is 11.1. The van der Waals surface area contributed by atoms with Gasteiger partial charge in [0.25, 0.3) is 10.0 Å². The van der Waals surface area contributed by atoms with Gasteiger partial charge in [0.1, 0.15) is 11.4 Å². The molecular formula is C18H21NO4S. The summed E-state index contributed by atoms with van der Waals surface area (Å²) in [7, 11) is -3.71. The van der Waals surface area contributed by atoms with E-state index >= 15 is 0 Å². The summed E-state index contributed by atoms with van der Waals surface area (Å²) in [5.74, 6) is 0.553. The normalized spacial score (nSPS) is 11.8. The van der Waals surface area contributed by atoms with Gasteiger partial charge in [-0.3, -0.25) is 9.52 Å². The van der Waals surface area contributed by atoms with Crippen LogP contribution < -0.4 is 9.46 Å². The van der Waals surface area contributed by atoms with Crippen LogP contribution in [-0.2, 0) is 10.0 Å². The van der Waals surface area contributed by atoms with E-state index in [1.807, 2.05) is 20.8 Å². The summed E-state index contributed by atoms with van der Waals surface area (Å²) < 4.78 is 32.9. The zero-order valence-electron chi connectivity index (χ0n) is 14.2. The molecule has 2 rings (SSSR count). The second kappa shape index (κ2) is 6.65. The Hall–Kier alpha value is -2.34. The lowest BCUT2D eigenvalue weighted by Crippen LogP contribution is -2.22. The van der Waals surface area contributed by atoms with Crippen LogP contribution in [-0.4, -0.2) is 19.8 Å². The predicted molar refractivity (Wildman–Crippen MR) is 94.1 cm³/mol. The van der Waals surface area contributed by atoms with Crippen molar-refractivity contribution in [1.82, 2.24) is 0 Å². The van der Waals surface area contributed by atoms with E-state index in [0.29, 0.717) is 17.0 Å². The van der Waals surface area contributed by atoms with Crippen molar-refractivity contribution >= 4 is 21.5 Å². The monoisotopic (exact) mass is 347 g/mol. The molecule has 0 bridgehead atoms. The van der Waals surface area contributed by atoms with Gasteiger partial charge in [-0.05, 0) is 64.1 Å². The molecule has 0 aliphatic carbocycles. The molecule has 128 valence electrons. The Kier molecular flexibility index (Phi) is 4.99. The molecule has 0 saturated carbocycles. The highest BCUT2D eigenvalue weighted by Crippen LogP contribution is 2.22. The molecule has 2 aromatic carbocycles. The SMILES string of the molecule is CC(=O)c1ccc(S(=O)(=O)Nc2ccc(OC(C)(C)C)cc2)cc1. The van der Waals surface area contributed by atoms with E-state index in [0.717, 1.165) is 0 Å². The summed E-state index contributed by atoms with van der Waals surface area (Å²) in [5.41, 5.74) is 0.587. The van der Waals surface area contributed by atoms with Gasteiger partial charge in [-0.15, -0.1) is 0 Å². The topological polar surface area (TPSA) is 72.5 Å². The lowest BCUT2D eigenvalue weighted by atomic mass is 10.2. The fraction of sp³-hybridized carbons (Fsp3) is 0.278. The van der Waals surface area contributed by atoms with Gasteiger partial charge in [-0.2, -0.15) is 0 Å². The fourth-order valence-electron chi connectivity index (χ4n) is 2.03. The lowest BCUT2D eigenvalue weighted by Gasteiger charge is -2.21. The Morgan fingerprint density at radius 3 is 1.96 bits per heavy atom. The summed E-state index contributed by atoms with van der Waals surface area (Å²) >= 11 is 0. The molecule has 0 aromatic heterocycles. The van der Waals surface area contributed by atoms with Gasteiger partial charge in [0.05, 0.1) is 4.90 Å². The maximum absolute atomic E-state index is 12.4. The highest BCUT2D eigenvalue weighted by atomic mass is 32.2. The standard InChI is InChI=1S/C18H21NO4S/c1-13(20)14-5-11-17(12-6-14)24(21,22)19-15-7-9-16(10-8-15)23-18(2,3)4/h5-12,19H,1-4H3. The van der Waals surface area contributed by atoms with Crippen LogP contribution in [0, 0.1) is 0 Å². The highest BCUT2D eigenvalue weighted by molar-refractivity contribution is 7.92. The van der Waals surface area contributed by atoms with E-state index in [-0.39, 0.29) is 16.3 Å². The number of sulfonamides is 1. The zero-order valence-corrected chi connectivity index (χ0v) is 15.0. The Morgan fingerprint density at radius 1 is 0.958 bits per heavy atom. The maximum Gasteiger partial charge on any atom is 0.261 e. The number of hydrogen-bond acceptors (Lipinski definition) is 4. The van der Waals surface area contributed by atoms with E-state index in [1.54, 1.807) is 24.3 Å². The van der Waals surface area contributed by atoms with Crippen molar-refractivity contribution in [3.8, 4) is 5.75 Å². The number of benzene rings is 2. The van der Waals surface area contributed by atoms with Crippen molar-refractivity contribution in [1.29, 1.82) is 0 Å². The molecule has 0 amide bonds. The second-order valence-electron chi connectivity index (χ2n) is 6.42. The minimum atomic E-state index is -3.71. The van der Waals surface area contributed by atoms with Crippen molar-refractivity contribution < 1.29 is 17.9 Å². The number of ether oxygens (including phenoxy) is 1. The number of carbonyl (C=O) groups is 1. The van der Waals surface area contributed by atoms with Crippen molar-refractivity contribution in [2.75, 3.05) is 4.72 Å². The van der Waals surface area contributed by atoms with Gasteiger partial charge in [0.2, 0.25) is 0 Å². The summed E-state index contributed by atoms with van der Waals surface area (Å²) in [6.45, 7) is 7.25. The second-order valence-corrected chi connectivity index (χ2v) is 8.11. The summed E-state index contributed by atoms with van der Waals surface area (Å²) in [6.07, 6.45) is 0. The van der Waals surface area contributed by atoms with E-state index in [1.165, 1.54) is 31.2 Å². The summed E-state index contributed by atoms with van der Waals surface area (Å²) in [4.78, 5) is 11.4. The molecule has 1 N–H and O–H groups in total. The smallest absolute Gasteiger partial charge is 0.261 e. The van der Waals surface area contributed by atoms with Crippen LogP contribution in [0.5, 0.6) is 5.75 Å². The van der Waals surface area contributed by atoms with Crippen molar-refractivity contribution in [2.24, 2.45) is 0 Å². The third-order valence-electron chi connectivity index (χ3n) is 3.10.